The van der Waals surface area contributed by atoms with Crippen LogP contribution in [0.4, 0.5) is 0 Å². The molecule has 1 fully saturated rings. The van der Waals surface area contributed by atoms with E-state index >= 15 is 0 Å². The molecule has 1 aliphatic heterocycles. The topological polar surface area (TPSA) is 49.4 Å². The largest absolute Gasteiger partial charge is 0.342 e. The number of carbonyl (C=O) groups is 2. The lowest BCUT2D eigenvalue weighted by molar-refractivity contribution is -0.153. The Balaban J connectivity index is 2.41. The van der Waals surface area contributed by atoms with Crippen molar-refractivity contribution in [1.29, 1.82) is 0 Å². The Morgan fingerprint density at radius 1 is 1.05 bits per heavy atom. The molecular weight excluding hydrogens is 252 g/mol. The monoisotopic (exact) mass is 274 g/mol. The van der Waals surface area contributed by atoms with Crippen LogP contribution in [0.25, 0.3) is 0 Å². The van der Waals surface area contributed by atoms with Gasteiger partial charge in [-0.25, -0.2) is 0 Å². The van der Waals surface area contributed by atoms with E-state index in [1.165, 1.54) is 0 Å². The molecule has 0 spiro atoms. The molecule has 4 heteroatoms. The second-order valence-corrected chi connectivity index (χ2v) is 5.88. The second kappa shape index (κ2) is 5.65. The van der Waals surface area contributed by atoms with Gasteiger partial charge in [-0.2, -0.15) is 0 Å². The van der Waals surface area contributed by atoms with Crippen LogP contribution in [0, 0.1) is 5.92 Å². The number of nitrogens with zero attached hydrogens (tertiary/aromatic N) is 1. The Hall–Kier alpha value is -1.84. The molecule has 1 aliphatic rings. The average molecular weight is 274 g/mol. The number of hydrogen-bond acceptors (Lipinski definition) is 2. The van der Waals surface area contributed by atoms with E-state index in [0.717, 1.165) is 5.56 Å². The van der Waals surface area contributed by atoms with Gasteiger partial charge in [-0.1, -0.05) is 44.2 Å². The van der Waals surface area contributed by atoms with Gasteiger partial charge in [-0.15, -0.1) is 0 Å². The molecule has 2 unspecified atom stereocenters. The van der Waals surface area contributed by atoms with Crippen LogP contribution in [0.2, 0.25) is 0 Å². The summed E-state index contributed by atoms with van der Waals surface area (Å²) in [6, 6.07) is 8.50. The van der Waals surface area contributed by atoms with Crippen molar-refractivity contribution in [3.8, 4) is 0 Å². The zero-order valence-electron chi connectivity index (χ0n) is 12.5. The van der Waals surface area contributed by atoms with E-state index in [1.54, 1.807) is 4.90 Å². The summed E-state index contributed by atoms with van der Waals surface area (Å²) in [5.74, 6) is -0.00363. The summed E-state index contributed by atoms with van der Waals surface area (Å²) in [4.78, 5) is 26.8. The molecule has 0 radical (unpaired) electrons. The molecule has 0 aromatic heterocycles. The molecule has 0 aliphatic carbocycles. The van der Waals surface area contributed by atoms with Crippen molar-refractivity contribution in [2.45, 2.75) is 45.8 Å². The molecule has 0 bridgehead atoms. The zero-order valence-corrected chi connectivity index (χ0v) is 12.5. The summed E-state index contributed by atoms with van der Waals surface area (Å²) in [5.41, 5.74) is 0.856. The van der Waals surface area contributed by atoms with Crippen molar-refractivity contribution < 1.29 is 9.59 Å². The van der Waals surface area contributed by atoms with Gasteiger partial charge in [0.25, 0.3) is 0 Å². The van der Waals surface area contributed by atoms with Crippen molar-refractivity contribution in [2.75, 3.05) is 0 Å². The number of hydrogen-bond donors (Lipinski definition) is 1. The first-order chi connectivity index (χ1) is 9.43. The second-order valence-electron chi connectivity index (χ2n) is 5.88. The van der Waals surface area contributed by atoms with Crippen LogP contribution in [-0.2, 0) is 9.59 Å². The molecule has 1 aromatic carbocycles. The fraction of sp³-hybridized carbons (Fsp3) is 0.500. The van der Waals surface area contributed by atoms with Gasteiger partial charge < -0.3 is 10.2 Å². The van der Waals surface area contributed by atoms with Crippen molar-refractivity contribution in [2.24, 2.45) is 5.92 Å². The standard InChI is InChI=1S/C16H22N2O2/c1-10(2)13-16(20)18(11(3)4)14(15(19)17-13)12-8-6-5-7-9-12/h5-11,13-14H,1-4H3,(H,17,19). The summed E-state index contributed by atoms with van der Waals surface area (Å²) in [7, 11) is 0. The van der Waals surface area contributed by atoms with Crippen LogP contribution < -0.4 is 5.32 Å². The SMILES string of the molecule is CC(C)C1NC(=O)C(c2ccccc2)N(C(C)C)C1=O. The van der Waals surface area contributed by atoms with Crippen molar-refractivity contribution in [3.63, 3.8) is 0 Å². The Bertz CT molecular complexity index is 496. The van der Waals surface area contributed by atoms with Crippen LogP contribution in [-0.4, -0.2) is 28.8 Å². The lowest BCUT2D eigenvalue weighted by Gasteiger charge is -2.42. The average Bonchev–Trinajstić information content (AvgIpc) is 2.40. The predicted molar refractivity (Wildman–Crippen MR) is 77.9 cm³/mol. The first-order valence-corrected chi connectivity index (χ1v) is 7.11. The van der Waals surface area contributed by atoms with E-state index in [0.29, 0.717) is 0 Å². The number of rotatable bonds is 3. The van der Waals surface area contributed by atoms with E-state index < -0.39 is 12.1 Å². The highest BCUT2D eigenvalue weighted by atomic mass is 16.2. The maximum Gasteiger partial charge on any atom is 0.248 e. The van der Waals surface area contributed by atoms with Crippen molar-refractivity contribution in [3.05, 3.63) is 35.9 Å². The molecule has 2 atom stereocenters. The molecule has 1 heterocycles. The minimum atomic E-state index is -0.529. The summed E-state index contributed by atoms with van der Waals surface area (Å²) in [5, 5.41) is 2.87. The zero-order chi connectivity index (χ0) is 14.9. The van der Waals surface area contributed by atoms with Gasteiger partial charge in [0.2, 0.25) is 11.8 Å². The quantitative estimate of drug-likeness (QED) is 0.918. The van der Waals surface area contributed by atoms with Gasteiger partial charge in [0.15, 0.2) is 0 Å². The molecular formula is C16H22N2O2. The van der Waals surface area contributed by atoms with Crippen molar-refractivity contribution >= 4 is 11.8 Å². The first-order valence-electron chi connectivity index (χ1n) is 7.11. The summed E-state index contributed by atoms with van der Waals surface area (Å²) in [6.45, 7) is 7.79. The third-order valence-electron chi connectivity index (χ3n) is 3.68. The van der Waals surface area contributed by atoms with E-state index in [4.69, 9.17) is 0 Å². The molecule has 2 rings (SSSR count). The van der Waals surface area contributed by atoms with Crippen LogP contribution in [0.15, 0.2) is 30.3 Å². The van der Waals surface area contributed by atoms with Gasteiger partial charge in [0.1, 0.15) is 12.1 Å². The number of piperazine rings is 1. The summed E-state index contributed by atoms with van der Waals surface area (Å²) < 4.78 is 0. The Kier molecular flexibility index (Phi) is 4.12. The molecule has 1 N–H and O–H groups in total. The fourth-order valence-corrected chi connectivity index (χ4v) is 2.66. The number of nitrogens with one attached hydrogen (secondary N) is 1. The predicted octanol–water partition coefficient (Wildman–Crippen LogP) is 2.12. The van der Waals surface area contributed by atoms with Crippen molar-refractivity contribution in [1.82, 2.24) is 10.2 Å². The smallest absolute Gasteiger partial charge is 0.248 e. The van der Waals surface area contributed by atoms with Gasteiger partial charge >= 0.3 is 0 Å². The van der Waals surface area contributed by atoms with E-state index in [9.17, 15) is 9.59 Å². The fourth-order valence-electron chi connectivity index (χ4n) is 2.66. The normalized spacial score (nSPS) is 23.4. The maximum atomic E-state index is 12.6. The van der Waals surface area contributed by atoms with E-state index in [2.05, 4.69) is 5.32 Å². The number of carbonyl (C=O) groups excluding carboxylic acids is 2. The summed E-state index contributed by atoms with van der Waals surface area (Å²) >= 11 is 0. The molecule has 1 aromatic rings. The third-order valence-corrected chi connectivity index (χ3v) is 3.68. The first kappa shape index (κ1) is 14.6. The number of benzene rings is 1. The Morgan fingerprint density at radius 3 is 2.15 bits per heavy atom. The van der Waals surface area contributed by atoms with E-state index in [-0.39, 0.29) is 23.8 Å². The minimum Gasteiger partial charge on any atom is -0.342 e. The van der Waals surface area contributed by atoms with Crippen LogP contribution >= 0.6 is 0 Å². The van der Waals surface area contributed by atoms with Gasteiger partial charge in [0, 0.05) is 6.04 Å². The lowest BCUT2D eigenvalue weighted by Crippen LogP contribution is -2.62. The van der Waals surface area contributed by atoms with Gasteiger partial charge in [-0.05, 0) is 25.3 Å². The van der Waals surface area contributed by atoms with Crippen LogP contribution in [0.3, 0.4) is 0 Å². The lowest BCUT2D eigenvalue weighted by atomic mass is 9.93. The Morgan fingerprint density at radius 2 is 1.65 bits per heavy atom. The molecule has 4 nitrogen and oxygen atoms in total. The molecule has 108 valence electrons. The van der Waals surface area contributed by atoms with Crippen LogP contribution in [0.1, 0.15) is 39.3 Å². The highest BCUT2D eigenvalue weighted by Gasteiger charge is 2.43. The highest BCUT2D eigenvalue weighted by molar-refractivity contribution is 5.97. The van der Waals surface area contributed by atoms with Crippen LogP contribution in [0.5, 0.6) is 0 Å². The number of amides is 2. The summed E-state index contributed by atoms with van der Waals surface area (Å²) in [6.07, 6.45) is 0. The Labute approximate surface area is 120 Å². The third kappa shape index (κ3) is 2.55. The highest BCUT2D eigenvalue weighted by Crippen LogP contribution is 2.29. The maximum absolute atomic E-state index is 12.6. The van der Waals surface area contributed by atoms with E-state index in [1.807, 2.05) is 58.0 Å². The minimum absolute atomic E-state index is 0.00320. The molecule has 0 saturated carbocycles. The molecule has 2 amide bonds. The molecule has 1 saturated heterocycles. The van der Waals surface area contributed by atoms with Gasteiger partial charge in [-0.3, -0.25) is 9.59 Å². The molecule has 20 heavy (non-hydrogen) atoms. The van der Waals surface area contributed by atoms with Gasteiger partial charge in [0.05, 0.1) is 0 Å².